The lowest BCUT2D eigenvalue weighted by Crippen LogP contribution is -2.34. The van der Waals surface area contributed by atoms with Gasteiger partial charge in [-0.1, -0.05) is 0 Å². The zero-order chi connectivity index (χ0) is 18.7. The molecule has 2 aromatic heterocycles. The SMILES string of the molecule is Cc1nc(S(C)(=O)=O)ccc1Oc1ncnc(OC2CCNCC2)c1F. The molecule has 0 bridgehead atoms. The van der Waals surface area contributed by atoms with Gasteiger partial charge in [0.2, 0.25) is 5.82 Å². The van der Waals surface area contributed by atoms with Crippen LogP contribution in [0, 0.1) is 12.7 Å². The first-order chi connectivity index (χ1) is 12.3. The van der Waals surface area contributed by atoms with Gasteiger partial charge in [0.15, 0.2) is 20.6 Å². The Labute approximate surface area is 150 Å². The van der Waals surface area contributed by atoms with E-state index in [4.69, 9.17) is 9.47 Å². The normalized spacial score (nSPS) is 15.7. The molecular formula is C16H19FN4O4S. The number of nitrogens with zero attached hydrogens (tertiary/aromatic N) is 3. The zero-order valence-electron chi connectivity index (χ0n) is 14.4. The molecule has 3 rings (SSSR count). The van der Waals surface area contributed by atoms with E-state index in [2.05, 4.69) is 20.3 Å². The summed E-state index contributed by atoms with van der Waals surface area (Å²) in [5.41, 5.74) is 0.298. The van der Waals surface area contributed by atoms with E-state index in [1.165, 1.54) is 12.1 Å². The minimum Gasteiger partial charge on any atom is -0.472 e. The Bertz CT molecular complexity index is 901. The predicted molar refractivity (Wildman–Crippen MR) is 90.7 cm³/mol. The molecule has 0 atom stereocenters. The molecule has 26 heavy (non-hydrogen) atoms. The van der Waals surface area contributed by atoms with Crippen LogP contribution in [0.5, 0.6) is 17.5 Å². The van der Waals surface area contributed by atoms with Crippen LogP contribution in [0.1, 0.15) is 18.5 Å². The van der Waals surface area contributed by atoms with Crippen molar-refractivity contribution < 1.29 is 22.3 Å². The number of ether oxygens (including phenoxy) is 2. The van der Waals surface area contributed by atoms with Crippen LogP contribution in [0.4, 0.5) is 4.39 Å². The van der Waals surface area contributed by atoms with Gasteiger partial charge in [0.05, 0.1) is 5.69 Å². The maximum Gasteiger partial charge on any atom is 0.263 e. The van der Waals surface area contributed by atoms with E-state index < -0.39 is 15.7 Å². The summed E-state index contributed by atoms with van der Waals surface area (Å²) < 4.78 is 48.8. The molecule has 0 radical (unpaired) electrons. The van der Waals surface area contributed by atoms with Crippen molar-refractivity contribution in [1.29, 1.82) is 0 Å². The van der Waals surface area contributed by atoms with Crippen LogP contribution in [0.25, 0.3) is 0 Å². The molecule has 0 unspecified atom stereocenters. The lowest BCUT2D eigenvalue weighted by atomic mass is 10.1. The lowest BCUT2D eigenvalue weighted by molar-refractivity contribution is 0.147. The highest BCUT2D eigenvalue weighted by Gasteiger charge is 2.21. The highest BCUT2D eigenvalue weighted by Crippen LogP contribution is 2.29. The van der Waals surface area contributed by atoms with Gasteiger partial charge in [0.1, 0.15) is 12.4 Å². The number of rotatable bonds is 5. The monoisotopic (exact) mass is 382 g/mol. The number of piperidine rings is 1. The van der Waals surface area contributed by atoms with Crippen LogP contribution in [-0.4, -0.2) is 48.8 Å². The van der Waals surface area contributed by atoms with E-state index in [0.29, 0.717) is 5.69 Å². The van der Waals surface area contributed by atoms with Gasteiger partial charge in [-0.15, -0.1) is 0 Å². The summed E-state index contributed by atoms with van der Waals surface area (Å²) in [4.78, 5) is 11.6. The van der Waals surface area contributed by atoms with E-state index in [0.717, 1.165) is 38.5 Å². The van der Waals surface area contributed by atoms with Crippen molar-refractivity contribution in [1.82, 2.24) is 20.3 Å². The minimum absolute atomic E-state index is 0.0829. The molecular weight excluding hydrogens is 363 g/mol. The number of pyridine rings is 1. The van der Waals surface area contributed by atoms with Gasteiger partial charge in [-0.2, -0.15) is 14.4 Å². The number of hydrogen-bond donors (Lipinski definition) is 1. The summed E-state index contributed by atoms with van der Waals surface area (Å²) in [5.74, 6) is -1.08. The quantitative estimate of drug-likeness (QED) is 0.833. The first-order valence-electron chi connectivity index (χ1n) is 8.08. The maximum atomic E-state index is 14.6. The number of aromatic nitrogens is 3. The highest BCUT2D eigenvalue weighted by atomic mass is 32.2. The predicted octanol–water partition coefficient (Wildman–Crippen LogP) is 1.65. The molecule has 1 fully saturated rings. The van der Waals surface area contributed by atoms with Crippen molar-refractivity contribution in [2.45, 2.75) is 30.9 Å². The van der Waals surface area contributed by atoms with Crippen molar-refractivity contribution in [2.75, 3.05) is 19.3 Å². The molecule has 8 nitrogen and oxygen atoms in total. The first kappa shape index (κ1) is 18.5. The van der Waals surface area contributed by atoms with Gasteiger partial charge in [-0.3, -0.25) is 0 Å². The smallest absolute Gasteiger partial charge is 0.263 e. The molecule has 0 saturated carbocycles. The summed E-state index contributed by atoms with van der Waals surface area (Å²) in [7, 11) is -3.44. The molecule has 1 saturated heterocycles. The van der Waals surface area contributed by atoms with Crippen molar-refractivity contribution in [3.63, 3.8) is 0 Å². The zero-order valence-corrected chi connectivity index (χ0v) is 15.2. The van der Waals surface area contributed by atoms with E-state index in [9.17, 15) is 12.8 Å². The summed E-state index contributed by atoms with van der Waals surface area (Å²) in [6, 6.07) is 2.71. The third-order valence-corrected chi connectivity index (χ3v) is 4.88. The summed E-state index contributed by atoms with van der Waals surface area (Å²) >= 11 is 0. The van der Waals surface area contributed by atoms with Crippen LogP contribution in [-0.2, 0) is 9.84 Å². The Morgan fingerprint density at radius 2 is 1.88 bits per heavy atom. The average Bonchev–Trinajstić information content (AvgIpc) is 2.60. The van der Waals surface area contributed by atoms with Crippen LogP contribution in [0.3, 0.4) is 0 Å². The van der Waals surface area contributed by atoms with Gasteiger partial charge in [0.25, 0.3) is 11.8 Å². The molecule has 3 heterocycles. The van der Waals surface area contributed by atoms with Crippen LogP contribution in [0.2, 0.25) is 0 Å². The highest BCUT2D eigenvalue weighted by molar-refractivity contribution is 7.90. The second-order valence-corrected chi connectivity index (χ2v) is 7.94. The van der Waals surface area contributed by atoms with Crippen molar-refractivity contribution in [3.8, 4) is 17.5 Å². The van der Waals surface area contributed by atoms with Crippen LogP contribution >= 0.6 is 0 Å². The maximum absolute atomic E-state index is 14.6. The number of nitrogens with one attached hydrogen (secondary N) is 1. The summed E-state index contributed by atoms with van der Waals surface area (Å²) in [6.07, 6.45) is 3.61. The minimum atomic E-state index is -3.44. The molecule has 1 aliphatic rings. The molecule has 1 aliphatic heterocycles. The number of halogens is 1. The Kier molecular flexibility index (Phi) is 5.33. The molecule has 10 heteroatoms. The Morgan fingerprint density at radius 3 is 2.54 bits per heavy atom. The van der Waals surface area contributed by atoms with Crippen molar-refractivity contribution >= 4 is 9.84 Å². The second-order valence-electron chi connectivity index (χ2n) is 5.97. The number of aryl methyl sites for hydroxylation is 1. The standard InChI is InChI=1S/C16H19FN4O4S/c1-10-12(3-4-13(21-10)26(2,22)23)25-16-14(17)15(19-9-20-16)24-11-5-7-18-8-6-11/h3-4,9,11,18H,5-8H2,1-2H3. The fourth-order valence-electron chi connectivity index (χ4n) is 2.51. The first-order valence-corrected chi connectivity index (χ1v) is 9.97. The van der Waals surface area contributed by atoms with Crippen LogP contribution < -0.4 is 14.8 Å². The molecule has 140 valence electrons. The van der Waals surface area contributed by atoms with E-state index in [1.54, 1.807) is 6.92 Å². The molecule has 0 spiro atoms. The average molecular weight is 382 g/mol. The number of hydrogen-bond acceptors (Lipinski definition) is 8. The van der Waals surface area contributed by atoms with Gasteiger partial charge in [-0.05, 0) is 45.0 Å². The lowest BCUT2D eigenvalue weighted by Gasteiger charge is -2.23. The van der Waals surface area contributed by atoms with Crippen molar-refractivity contribution in [3.05, 3.63) is 30.0 Å². The fourth-order valence-corrected chi connectivity index (χ4v) is 3.12. The largest absolute Gasteiger partial charge is 0.472 e. The second kappa shape index (κ2) is 7.50. The molecule has 0 aromatic carbocycles. The summed E-state index contributed by atoms with van der Waals surface area (Å²) in [6.45, 7) is 3.17. The fraction of sp³-hybridized carbons (Fsp3) is 0.438. The van der Waals surface area contributed by atoms with Crippen molar-refractivity contribution in [2.24, 2.45) is 0 Å². The molecule has 1 N–H and O–H groups in total. The van der Waals surface area contributed by atoms with Crippen LogP contribution in [0.15, 0.2) is 23.5 Å². The molecule has 0 aliphatic carbocycles. The summed E-state index contributed by atoms with van der Waals surface area (Å²) in [5, 5.41) is 3.12. The van der Waals surface area contributed by atoms with E-state index in [1.807, 2.05) is 0 Å². The molecule has 0 amide bonds. The number of sulfone groups is 1. The van der Waals surface area contributed by atoms with E-state index >= 15 is 0 Å². The Balaban J connectivity index is 1.81. The van der Waals surface area contributed by atoms with E-state index in [-0.39, 0.29) is 28.6 Å². The van der Waals surface area contributed by atoms with Gasteiger partial charge in [-0.25, -0.2) is 13.4 Å². The van der Waals surface area contributed by atoms with Gasteiger partial charge < -0.3 is 14.8 Å². The third-order valence-electron chi connectivity index (χ3n) is 3.89. The topological polar surface area (TPSA) is 103 Å². The van der Waals surface area contributed by atoms with Gasteiger partial charge >= 0.3 is 0 Å². The Hall–Kier alpha value is -2.33. The van der Waals surface area contributed by atoms with Gasteiger partial charge in [0, 0.05) is 6.26 Å². The molecule has 2 aromatic rings. The third kappa shape index (κ3) is 4.25. The Morgan fingerprint density at radius 1 is 1.19 bits per heavy atom.